The number of benzene rings is 3. The van der Waals surface area contributed by atoms with Gasteiger partial charge in [0.05, 0.1) is 16.0 Å². The van der Waals surface area contributed by atoms with E-state index in [1.165, 1.54) is 12.1 Å². The van der Waals surface area contributed by atoms with Crippen LogP contribution < -0.4 is 14.5 Å². The molecule has 224 valence electrons. The van der Waals surface area contributed by atoms with Gasteiger partial charge in [-0.15, -0.1) is 37.2 Å². The highest BCUT2D eigenvalue weighted by Gasteiger charge is 2.22. The van der Waals surface area contributed by atoms with Crippen LogP contribution in [0.2, 0.25) is 0 Å². The van der Waals surface area contributed by atoms with Crippen molar-refractivity contribution in [2.24, 2.45) is 0 Å². The number of sulfonamides is 1. The topological polar surface area (TPSA) is 120 Å². The van der Waals surface area contributed by atoms with E-state index in [4.69, 9.17) is 4.98 Å². The van der Waals surface area contributed by atoms with Gasteiger partial charge in [0.25, 0.3) is 10.0 Å². The maximum Gasteiger partial charge on any atom is 0.336 e. The highest BCUT2D eigenvalue weighted by molar-refractivity contribution is 7.92. The number of fused-ring (bicyclic) bond motifs is 1. The fourth-order valence-corrected chi connectivity index (χ4v) is 6.08. The lowest BCUT2D eigenvalue weighted by atomic mass is 10.1. The minimum Gasteiger partial charge on any atom is -0.478 e. The van der Waals surface area contributed by atoms with E-state index in [-0.39, 0.29) is 59.2 Å². The van der Waals surface area contributed by atoms with Crippen molar-refractivity contribution in [2.45, 2.75) is 18.7 Å². The first-order valence-corrected chi connectivity index (χ1v) is 14.0. The summed E-state index contributed by atoms with van der Waals surface area (Å²) in [4.78, 5) is 32.9. The Morgan fingerprint density at radius 1 is 0.857 bits per heavy atom. The maximum absolute atomic E-state index is 12.9. The smallest absolute Gasteiger partial charge is 0.336 e. The number of ketones is 1. The Balaban J connectivity index is 0.00000205. The molecule has 0 unspecified atom stereocenters. The fraction of sp³-hybridized carbons (Fsp3) is 0.207. The lowest BCUT2D eigenvalue weighted by Crippen LogP contribution is -2.46. The first-order valence-electron chi connectivity index (χ1n) is 12.5. The van der Waals surface area contributed by atoms with Gasteiger partial charge in [0.15, 0.2) is 5.78 Å². The molecule has 0 spiro atoms. The van der Waals surface area contributed by atoms with Gasteiger partial charge in [0, 0.05) is 48.5 Å². The molecule has 1 aromatic heterocycles. The maximum atomic E-state index is 12.9. The number of aromatic nitrogens is 1. The van der Waals surface area contributed by atoms with Crippen molar-refractivity contribution in [2.75, 3.05) is 40.7 Å². The predicted molar refractivity (Wildman–Crippen MR) is 173 cm³/mol. The Labute approximate surface area is 263 Å². The van der Waals surface area contributed by atoms with Crippen molar-refractivity contribution < 1.29 is 23.1 Å². The summed E-state index contributed by atoms with van der Waals surface area (Å²) in [5, 5.41) is 10.3. The molecule has 2 N–H and O–H groups in total. The summed E-state index contributed by atoms with van der Waals surface area (Å²) in [6.45, 7) is 5.95. The molecule has 0 saturated carbocycles. The van der Waals surface area contributed by atoms with Gasteiger partial charge >= 0.3 is 5.97 Å². The number of nitrogens with one attached hydrogen (secondary N) is 1. The molecule has 4 aromatic rings. The summed E-state index contributed by atoms with van der Waals surface area (Å²) in [5.41, 5.74) is 3.08. The summed E-state index contributed by atoms with van der Waals surface area (Å²) >= 11 is 0. The zero-order chi connectivity index (χ0) is 27.7. The monoisotopic (exact) mass is 652 g/mol. The van der Waals surface area contributed by atoms with E-state index >= 15 is 0 Å². The number of rotatable bonds is 7. The van der Waals surface area contributed by atoms with Crippen molar-refractivity contribution in [1.29, 1.82) is 0 Å². The first kappa shape index (κ1) is 34.6. The molecule has 3 aromatic carbocycles. The lowest BCUT2D eigenvalue weighted by Gasteiger charge is -2.37. The number of anilines is 3. The summed E-state index contributed by atoms with van der Waals surface area (Å²) < 4.78 is 28.4. The highest BCUT2D eigenvalue weighted by atomic mass is 35.5. The molecule has 1 aliphatic rings. The van der Waals surface area contributed by atoms with Crippen LogP contribution in [0.25, 0.3) is 10.9 Å². The van der Waals surface area contributed by atoms with Gasteiger partial charge in [-0.05, 0) is 74.0 Å². The second-order valence-corrected chi connectivity index (χ2v) is 11.2. The molecule has 0 amide bonds. The van der Waals surface area contributed by atoms with Crippen molar-refractivity contribution >= 4 is 87.1 Å². The van der Waals surface area contributed by atoms with E-state index in [2.05, 4.69) is 9.62 Å². The van der Waals surface area contributed by atoms with Gasteiger partial charge in [-0.1, -0.05) is 18.2 Å². The Hall–Kier alpha value is -3.57. The largest absolute Gasteiger partial charge is 0.478 e. The van der Waals surface area contributed by atoms with Gasteiger partial charge in [-0.2, -0.15) is 0 Å². The molecule has 13 heteroatoms. The molecule has 1 aliphatic heterocycles. The third-order valence-electron chi connectivity index (χ3n) is 6.90. The molecule has 1 fully saturated rings. The van der Waals surface area contributed by atoms with Gasteiger partial charge in [-0.25, -0.2) is 18.2 Å². The van der Waals surface area contributed by atoms with Crippen LogP contribution >= 0.6 is 37.2 Å². The van der Waals surface area contributed by atoms with Crippen LogP contribution in [0, 0.1) is 6.92 Å². The van der Waals surface area contributed by atoms with Crippen LogP contribution in [0.5, 0.6) is 0 Å². The third-order valence-corrected chi connectivity index (χ3v) is 8.45. The second-order valence-electron chi connectivity index (χ2n) is 9.51. The van der Waals surface area contributed by atoms with E-state index in [0.29, 0.717) is 54.0 Å². The molecular weight excluding hydrogens is 623 g/mol. The Morgan fingerprint density at radius 3 is 2.07 bits per heavy atom. The number of hydrogen-bond acceptors (Lipinski definition) is 7. The Bertz CT molecular complexity index is 1690. The summed E-state index contributed by atoms with van der Waals surface area (Å²) in [6, 6.07) is 20.4. The van der Waals surface area contributed by atoms with Gasteiger partial charge in [-0.3, -0.25) is 9.52 Å². The number of halogens is 3. The number of aromatic carboxylic acids is 1. The van der Waals surface area contributed by atoms with Crippen molar-refractivity contribution in [1.82, 2.24) is 4.98 Å². The zero-order valence-electron chi connectivity index (χ0n) is 22.8. The average molecular weight is 654 g/mol. The van der Waals surface area contributed by atoms with E-state index < -0.39 is 16.0 Å². The predicted octanol–water partition coefficient (Wildman–Crippen LogP) is 5.84. The lowest BCUT2D eigenvalue weighted by molar-refractivity contribution is 0.0698. The normalized spacial score (nSPS) is 12.9. The number of Topliss-reactive ketones (excluding diaryl/α,β-unsaturated/α-hetero) is 1. The summed E-state index contributed by atoms with van der Waals surface area (Å²) in [7, 11) is -3.85. The number of nitrogens with zero attached hydrogens (tertiary/aromatic N) is 3. The van der Waals surface area contributed by atoms with Crippen LogP contribution in [0.4, 0.5) is 17.2 Å². The molecule has 0 radical (unpaired) electrons. The van der Waals surface area contributed by atoms with E-state index in [1.807, 2.05) is 29.2 Å². The minimum absolute atomic E-state index is 0. The number of aryl methyl sites for hydroxylation is 1. The average Bonchev–Trinajstić information content (AvgIpc) is 2.92. The van der Waals surface area contributed by atoms with Crippen molar-refractivity contribution in [3.63, 3.8) is 0 Å². The molecule has 2 heterocycles. The molecular formula is C29H31Cl3N4O5S. The molecule has 0 aliphatic carbocycles. The number of carboxylic acid groups (broad SMARTS) is 1. The van der Waals surface area contributed by atoms with Gasteiger partial charge in [0.1, 0.15) is 5.82 Å². The number of carbonyl (C=O) groups is 2. The van der Waals surface area contributed by atoms with Crippen molar-refractivity contribution in [3.05, 3.63) is 89.5 Å². The van der Waals surface area contributed by atoms with E-state index in [1.54, 1.807) is 50.2 Å². The first-order chi connectivity index (χ1) is 18.6. The zero-order valence-corrected chi connectivity index (χ0v) is 26.1. The summed E-state index contributed by atoms with van der Waals surface area (Å²) in [5.74, 6) is -0.537. The molecule has 42 heavy (non-hydrogen) atoms. The molecule has 0 atom stereocenters. The van der Waals surface area contributed by atoms with Gasteiger partial charge < -0.3 is 14.9 Å². The van der Waals surface area contributed by atoms with Crippen molar-refractivity contribution in [3.8, 4) is 0 Å². The highest BCUT2D eigenvalue weighted by Crippen LogP contribution is 2.29. The fourth-order valence-electron chi connectivity index (χ4n) is 4.78. The number of piperazine rings is 1. The van der Waals surface area contributed by atoms with Crippen LogP contribution in [-0.2, 0) is 10.0 Å². The quantitative estimate of drug-likeness (QED) is 0.239. The minimum atomic E-state index is -3.85. The SMILES string of the molecule is CC(=O)c1ccc(N2CCN(c3cc(C(=O)O)c4cc(NS(=O)(=O)c5ccccc5C)ccc4n3)CC2)cc1.Cl.Cl.Cl. The molecule has 9 nitrogen and oxygen atoms in total. The van der Waals surface area contributed by atoms with Crippen LogP contribution in [0.15, 0.2) is 77.7 Å². The summed E-state index contributed by atoms with van der Waals surface area (Å²) in [6.07, 6.45) is 0. The molecule has 5 rings (SSSR count). The van der Waals surface area contributed by atoms with Crippen LogP contribution in [0.1, 0.15) is 33.2 Å². The third kappa shape index (κ3) is 7.25. The molecule has 0 bridgehead atoms. The number of carbonyl (C=O) groups excluding carboxylic acids is 1. The number of hydrogen-bond donors (Lipinski definition) is 2. The Morgan fingerprint density at radius 2 is 1.48 bits per heavy atom. The number of pyridine rings is 1. The standard InChI is InChI=1S/C29H28N4O5S.3ClH/c1-19-5-3-4-6-27(19)39(37,38)31-22-9-12-26-24(17-22)25(29(35)36)18-28(30-26)33-15-13-32(14-16-33)23-10-7-21(8-11-23)20(2)34;;;/h3-12,17-18,31H,13-16H2,1-2H3,(H,35,36);3*1H. The van der Waals surface area contributed by atoms with E-state index in [0.717, 1.165) is 5.69 Å². The second kappa shape index (κ2) is 14.1. The van der Waals surface area contributed by atoms with Crippen LogP contribution in [0.3, 0.4) is 0 Å². The number of carboxylic acids is 1. The van der Waals surface area contributed by atoms with Crippen LogP contribution in [-0.4, -0.2) is 56.4 Å². The van der Waals surface area contributed by atoms with E-state index in [9.17, 15) is 23.1 Å². The van der Waals surface area contributed by atoms with Gasteiger partial charge in [0.2, 0.25) is 0 Å². The Kier molecular flexibility index (Phi) is 11.6. The molecule has 1 saturated heterocycles.